The number of likely N-dealkylation sites (tertiary alicyclic amines) is 1. The van der Waals surface area contributed by atoms with Crippen molar-refractivity contribution in [2.24, 2.45) is 0 Å². The lowest BCUT2D eigenvalue weighted by molar-refractivity contribution is 0.00995. The van der Waals surface area contributed by atoms with Crippen LogP contribution in [0.3, 0.4) is 0 Å². The number of phenolic OH excluding ortho intramolecular Hbond substituents is 1. The summed E-state index contributed by atoms with van der Waals surface area (Å²) in [5.74, 6) is 0.292. The molecule has 0 aromatic heterocycles. The van der Waals surface area contributed by atoms with Crippen molar-refractivity contribution in [3.63, 3.8) is 0 Å². The zero-order chi connectivity index (χ0) is 20.4. The SMILES string of the molecule is CC1(C)Cc2ccc(C(=O)N3CCC(OCCc4ccccc4)CC3)c(O)c2O1. The number of carbonyl (C=O) groups excluding carboxylic acids is 1. The summed E-state index contributed by atoms with van der Waals surface area (Å²) in [5, 5.41) is 10.6. The number of nitrogens with zero attached hydrogens (tertiary/aromatic N) is 1. The topological polar surface area (TPSA) is 59.0 Å². The lowest BCUT2D eigenvalue weighted by atomic mass is 9.99. The Bertz CT molecular complexity index is 870. The van der Waals surface area contributed by atoms with Crippen LogP contribution < -0.4 is 4.74 Å². The molecule has 5 heteroatoms. The molecule has 0 saturated carbocycles. The molecule has 4 rings (SSSR count). The van der Waals surface area contributed by atoms with Gasteiger partial charge in [-0.25, -0.2) is 0 Å². The predicted molar refractivity (Wildman–Crippen MR) is 112 cm³/mol. The average molecular weight is 395 g/mol. The number of fused-ring (bicyclic) bond motifs is 1. The summed E-state index contributed by atoms with van der Waals surface area (Å²) < 4.78 is 11.9. The summed E-state index contributed by atoms with van der Waals surface area (Å²) in [6.07, 6.45) is 3.45. The molecule has 154 valence electrons. The van der Waals surface area contributed by atoms with Gasteiger partial charge in [-0.15, -0.1) is 0 Å². The molecule has 2 aromatic carbocycles. The Morgan fingerprint density at radius 2 is 1.90 bits per heavy atom. The van der Waals surface area contributed by atoms with Crippen molar-refractivity contribution in [2.75, 3.05) is 19.7 Å². The van der Waals surface area contributed by atoms with Gasteiger partial charge >= 0.3 is 0 Å². The third kappa shape index (κ3) is 4.40. The van der Waals surface area contributed by atoms with Crippen LogP contribution in [-0.4, -0.2) is 47.3 Å². The number of ether oxygens (including phenoxy) is 2. The second-order valence-electron chi connectivity index (χ2n) is 8.59. The first-order chi connectivity index (χ1) is 13.9. The molecule has 5 nitrogen and oxygen atoms in total. The lowest BCUT2D eigenvalue weighted by Crippen LogP contribution is -2.41. The van der Waals surface area contributed by atoms with E-state index in [1.165, 1.54) is 5.56 Å². The molecule has 1 amide bonds. The van der Waals surface area contributed by atoms with Gasteiger partial charge in [0.25, 0.3) is 5.91 Å². The van der Waals surface area contributed by atoms with Crippen molar-refractivity contribution < 1.29 is 19.4 Å². The third-order valence-electron chi connectivity index (χ3n) is 5.75. The third-order valence-corrected chi connectivity index (χ3v) is 5.75. The number of hydrogen-bond acceptors (Lipinski definition) is 4. The maximum atomic E-state index is 13.0. The molecule has 1 saturated heterocycles. The van der Waals surface area contributed by atoms with E-state index >= 15 is 0 Å². The highest BCUT2D eigenvalue weighted by molar-refractivity contribution is 5.98. The number of rotatable bonds is 5. The van der Waals surface area contributed by atoms with Crippen LogP contribution in [0.15, 0.2) is 42.5 Å². The Labute approximate surface area is 172 Å². The Kier molecular flexibility index (Phi) is 5.50. The Hall–Kier alpha value is -2.53. The van der Waals surface area contributed by atoms with E-state index < -0.39 is 0 Å². The second kappa shape index (κ2) is 8.07. The van der Waals surface area contributed by atoms with Crippen molar-refractivity contribution in [3.8, 4) is 11.5 Å². The standard InChI is InChI=1S/C24H29NO4/c1-24(2)16-18-8-9-20(21(26)22(18)29-24)23(27)25-13-10-19(11-14-25)28-15-12-17-6-4-3-5-7-17/h3-9,19,26H,10-16H2,1-2H3. The van der Waals surface area contributed by atoms with Gasteiger partial charge in [0.15, 0.2) is 11.5 Å². The Morgan fingerprint density at radius 3 is 2.62 bits per heavy atom. The molecule has 1 N–H and O–H groups in total. The molecule has 0 bridgehead atoms. The normalized spacial score (nSPS) is 18.3. The van der Waals surface area contributed by atoms with E-state index in [4.69, 9.17) is 9.47 Å². The Balaban J connectivity index is 1.31. The van der Waals surface area contributed by atoms with Gasteiger partial charge in [0, 0.05) is 25.1 Å². The molecule has 2 aromatic rings. The molecular weight excluding hydrogens is 366 g/mol. The monoisotopic (exact) mass is 395 g/mol. The van der Waals surface area contributed by atoms with Gasteiger partial charge in [-0.05, 0) is 44.7 Å². The number of aromatic hydroxyl groups is 1. The van der Waals surface area contributed by atoms with Gasteiger partial charge in [0.1, 0.15) is 5.60 Å². The van der Waals surface area contributed by atoms with Crippen molar-refractivity contribution in [1.82, 2.24) is 4.90 Å². The molecule has 0 aliphatic carbocycles. The highest BCUT2D eigenvalue weighted by atomic mass is 16.5. The van der Waals surface area contributed by atoms with Crippen LogP contribution in [0.2, 0.25) is 0 Å². The van der Waals surface area contributed by atoms with Crippen molar-refractivity contribution in [2.45, 2.75) is 51.2 Å². The molecule has 0 unspecified atom stereocenters. The number of carbonyl (C=O) groups is 1. The van der Waals surface area contributed by atoms with Crippen LogP contribution in [0.5, 0.6) is 11.5 Å². The highest BCUT2D eigenvalue weighted by Gasteiger charge is 2.35. The fourth-order valence-electron chi connectivity index (χ4n) is 4.19. The van der Waals surface area contributed by atoms with Gasteiger partial charge in [-0.1, -0.05) is 36.4 Å². The maximum Gasteiger partial charge on any atom is 0.257 e. The number of hydrogen-bond donors (Lipinski definition) is 1. The average Bonchev–Trinajstić information content (AvgIpc) is 3.04. The van der Waals surface area contributed by atoms with Gasteiger partial charge in [-0.3, -0.25) is 4.79 Å². The summed E-state index contributed by atoms with van der Waals surface area (Å²) in [6.45, 7) is 5.93. The van der Waals surface area contributed by atoms with Crippen LogP contribution in [-0.2, 0) is 17.6 Å². The van der Waals surface area contributed by atoms with E-state index in [-0.39, 0.29) is 23.4 Å². The number of amides is 1. The minimum Gasteiger partial charge on any atom is -0.504 e. The quantitative estimate of drug-likeness (QED) is 0.832. The van der Waals surface area contributed by atoms with Gasteiger partial charge in [0.2, 0.25) is 0 Å². The van der Waals surface area contributed by atoms with Crippen molar-refractivity contribution in [1.29, 1.82) is 0 Å². The summed E-state index contributed by atoms with van der Waals surface area (Å²) in [4.78, 5) is 14.8. The minimum absolute atomic E-state index is 0.0284. The first-order valence-corrected chi connectivity index (χ1v) is 10.4. The lowest BCUT2D eigenvalue weighted by Gasteiger charge is -2.32. The molecular formula is C24H29NO4. The van der Waals surface area contributed by atoms with Crippen LogP contribution in [0.4, 0.5) is 0 Å². The van der Waals surface area contributed by atoms with E-state index in [9.17, 15) is 9.90 Å². The molecule has 29 heavy (non-hydrogen) atoms. The van der Waals surface area contributed by atoms with Crippen molar-refractivity contribution in [3.05, 3.63) is 59.2 Å². The maximum absolute atomic E-state index is 13.0. The summed E-state index contributed by atoms with van der Waals surface area (Å²) in [5.41, 5.74) is 2.20. The van der Waals surface area contributed by atoms with Crippen molar-refractivity contribution >= 4 is 5.91 Å². The largest absolute Gasteiger partial charge is 0.504 e. The van der Waals surface area contributed by atoms with Gasteiger partial charge in [-0.2, -0.15) is 0 Å². The zero-order valence-electron chi connectivity index (χ0n) is 17.2. The molecule has 2 heterocycles. The fraction of sp³-hybridized carbons (Fsp3) is 0.458. The van der Waals surface area contributed by atoms with E-state index in [2.05, 4.69) is 12.1 Å². The molecule has 0 radical (unpaired) electrons. The zero-order valence-corrected chi connectivity index (χ0v) is 17.2. The predicted octanol–water partition coefficient (Wildman–Crippen LogP) is 3.97. The number of benzene rings is 2. The molecule has 2 aliphatic heterocycles. The number of phenols is 1. The van der Waals surface area contributed by atoms with E-state index in [1.807, 2.05) is 38.1 Å². The van der Waals surface area contributed by atoms with Gasteiger partial charge in [0.05, 0.1) is 18.3 Å². The first kappa shape index (κ1) is 19.8. The summed E-state index contributed by atoms with van der Waals surface area (Å²) in [6, 6.07) is 13.9. The molecule has 0 atom stereocenters. The van der Waals surface area contributed by atoms with E-state index in [1.54, 1.807) is 11.0 Å². The van der Waals surface area contributed by atoms with Crippen LogP contribution in [0.25, 0.3) is 0 Å². The highest BCUT2D eigenvalue weighted by Crippen LogP contribution is 2.43. The minimum atomic E-state index is -0.350. The molecule has 2 aliphatic rings. The van der Waals surface area contributed by atoms with Crippen LogP contribution >= 0.6 is 0 Å². The Morgan fingerprint density at radius 1 is 1.17 bits per heavy atom. The van der Waals surface area contributed by atoms with E-state index in [0.717, 1.165) is 31.2 Å². The fourth-order valence-corrected chi connectivity index (χ4v) is 4.19. The molecule has 0 spiro atoms. The number of piperidine rings is 1. The second-order valence-corrected chi connectivity index (χ2v) is 8.59. The smallest absolute Gasteiger partial charge is 0.257 e. The summed E-state index contributed by atoms with van der Waals surface area (Å²) in [7, 11) is 0. The molecule has 1 fully saturated rings. The van der Waals surface area contributed by atoms with Crippen LogP contribution in [0, 0.1) is 0 Å². The van der Waals surface area contributed by atoms with Gasteiger partial charge < -0.3 is 19.5 Å². The van der Waals surface area contributed by atoms with E-state index in [0.29, 0.717) is 31.0 Å². The summed E-state index contributed by atoms with van der Waals surface area (Å²) >= 11 is 0. The van der Waals surface area contributed by atoms with Crippen LogP contribution in [0.1, 0.15) is 48.2 Å². The first-order valence-electron chi connectivity index (χ1n) is 10.4.